The van der Waals surface area contributed by atoms with Gasteiger partial charge < -0.3 is 19.5 Å². The predicted octanol–water partition coefficient (Wildman–Crippen LogP) is 3.18. The van der Waals surface area contributed by atoms with Gasteiger partial charge in [0, 0.05) is 62.5 Å². The number of para-hydroxylation sites is 1. The molecule has 184 valence electrons. The number of hydrogen-bond donors (Lipinski definition) is 1. The summed E-state index contributed by atoms with van der Waals surface area (Å²) in [6.45, 7) is 6.52. The van der Waals surface area contributed by atoms with Crippen LogP contribution in [0, 0.1) is 0 Å². The number of fused-ring (bicyclic) bond motifs is 2. The monoisotopic (exact) mass is 473 g/mol. The molecule has 5 aliphatic rings. The van der Waals surface area contributed by atoms with Crippen LogP contribution in [0.1, 0.15) is 30.4 Å². The number of ether oxygens (including phenoxy) is 2. The van der Waals surface area contributed by atoms with E-state index in [2.05, 4.69) is 63.2 Å². The van der Waals surface area contributed by atoms with Gasteiger partial charge in [-0.05, 0) is 43.1 Å². The van der Waals surface area contributed by atoms with E-state index in [-0.39, 0.29) is 11.5 Å². The summed E-state index contributed by atoms with van der Waals surface area (Å²) in [6, 6.07) is 16.5. The van der Waals surface area contributed by atoms with Crippen molar-refractivity contribution >= 4 is 5.69 Å². The number of rotatable bonds is 5. The summed E-state index contributed by atoms with van der Waals surface area (Å²) < 4.78 is 12.1. The van der Waals surface area contributed by atoms with Crippen LogP contribution in [0.25, 0.3) is 0 Å². The molecule has 4 heterocycles. The summed E-state index contributed by atoms with van der Waals surface area (Å²) in [7, 11) is 1.71. The lowest BCUT2D eigenvalue weighted by molar-refractivity contribution is 0.0801. The standard InChI is InChI=1S/C29H35N3O3/c1-34-25-8-7-20-17-30(12-11-29-10-9-24(33)16-26(29)35-28(25)27(20)29)13-14-31-18-23-15-22(31)19-32(23)21-5-3-2-4-6-21/h2-10,22-24,26,33H,11-19H2,1H3/t22?,23?,24-,26-,29-/m1/s1. The highest BCUT2D eigenvalue weighted by Gasteiger charge is 2.53. The van der Waals surface area contributed by atoms with Crippen LogP contribution in [0.2, 0.25) is 0 Å². The molecule has 1 N–H and O–H groups in total. The van der Waals surface area contributed by atoms with Gasteiger partial charge >= 0.3 is 0 Å². The Morgan fingerprint density at radius 2 is 1.94 bits per heavy atom. The second-order valence-corrected chi connectivity index (χ2v) is 11.0. The van der Waals surface area contributed by atoms with E-state index in [1.54, 1.807) is 7.11 Å². The zero-order chi connectivity index (χ0) is 23.6. The van der Waals surface area contributed by atoms with E-state index in [9.17, 15) is 5.11 Å². The van der Waals surface area contributed by atoms with Crippen molar-refractivity contribution in [3.8, 4) is 11.5 Å². The Labute approximate surface area is 207 Å². The van der Waals surface area contributed by atoms with Gasteiger partial charge in [0.2, 0.25) is 0 Å². The minimum Gasteiger partial charge on any atom is -0.493 e. The number of piperazine rings is 1. The minimum atomic E-state index is -0.435. The van der Waals surface area contributed by atoms with E-state index in [0.717, 1.165) is 50.6 Å². The Balaban J connectivity index is 1.07. The average molecular weight is 474 g/mol. The van der Waals surface area contributed by atoms with Crippen molar-refractivity contribution in [1.29, 1.82) is 0 Å². The fraction of sp³-hybridized carbons (Fsp3) is 0.517. The summed E-state index contributed by atoms with van der Waals surface area (Å²) >= 11 is 0. The molecule has 6 nitrogen and oxygen atoms in total. The van der Waals surface area contributed by atoms with Gasteiger partial charge in [-0.25, -0.2) is 0 Å². The minimum absolute atomic E-state index is 0.0224. The van der Waals surface area contributed by atoms with Crippen molar-refractivity contribution in [2.45, 2.75) is 55.5 Å². The van der Waals surface area contributed by atoms with E-state index in [4.69, 9.17) is 9.47 Å². The normalized spacial score (nSPS) is 33.4. The number of hydrogen-bond acceptors (Lipinski definition) is 6. The number of nitrogens with zero attached hydrogens (tertiary/aromatic N) is 3. The van der Waals surface area contributed by atoms with Crippen LogP contribution in [0.15, 0.2) is 54.6 Å². The van der Waals surface area contributed by atoms with Crippen LogP contribution in [0.5, 0.6) is 11.5 Å². The van der Waals surface area contributed by atoms with Crippen LogP contribution >= 0.6 is 0 Å². The Kier molecular flexibility index (Phi) is 5.12. The van der Waals surface area contributed by atoms with E-state index in [0.29, 0.717) is 18.5 Å². The molecule has 7 rings (SSSR count). The van der Waals surface area contributed by atoms with Crippen LogP contribution in [0.3, 0.4) is 0 Å². The molecule has 1 spiro atoms. The molecule has 5 atom stereocenters. The quantitative estimate of drug-likeness (QED) is 0.674. The molecular weight excluding hydrogens is 438 g/mol. The maximum atomic E-state index is 10.3. The molecule has 1 aliphatic carbocycles. The number of aliphatic hydroxyl groups is 1. The van der Waals surface area contributed by atoms with Gasteiger partial charge in [-0.2, -0.15) is 0 Å². The summed E-state index contributed by atoms with van der Waals surface area (Å²) in [5.41, 5.74) is 3.86. The van der Waals surface area contributed by atoms with Crippen LogP contribution in [-0.2, 0) is 12.0 Å². The van der Waals surface area contributed by atoms with Crippen molar-refractivity contribution in [3.05, 3.63) is 65.7 Å². The maximum Gasteiger partial charge on any atom is 0.166 e. The van der Waals surface area contributed by atoms with Gasteiger partial charge in [0.15, 0.2) is 11.5 Å². The molecule has 6 heteroatoms. The molecule has 2 fully saturated rings. The Bertz CT molecular complexity index is 1140. The van der Waals surface area contributed by atoms with E-state index < -0.39 is 6.10 Å². The summed E-state index contributed by atoms with van der Waals surface area (Å²) in [6.07, 6.45) is 6.70. The highest BCUT2D eigenvalue weighted by atomic mass is 16.5. The fourth-order valence-electron chi connectivity index (χ4n) is 7.41. The molecule has 2 aromatic rings. The molecule has 0 amide bonds. The fourth-order valence-corrected chi connectivity index (χ4v) is 7.41. The zero-order valence-electron chi connectivity index (χ0n) is 20.5. The molecule has 2 aromatic carbocycles. The van der Waals surface area contributed by atoms with Crippen molar-refractivity contribution in [1.82, 2.24) is 9.80 Å². The highest BCUT2D eigenvalue weighted by molar-refractivity contribution is 5.61. The van der Waals surface area contributed by atoms with Crippen LogP contribution < -0.4 is 14.4 Å². The molecule has 0 aromatic heterocycles. The van der Waals surface area contributed by atoms with E-state index >= 15 is 0 Å². The van der Waals surface area contributed by atoms with Gasteiger partial charge in [0.05, 0.1) is 18.6 Å². The zero-order valence-corrected chi connectivity index (χ0v) is 20.5. The van der Waals surface area contributed by atoms with Gasteiger partial charge in [-0.3, -0.25) is 9.80 Å². The van der Waals surface area contributed by atoms with Gasteiger partial charge in [0.1, 0.15) is 6.10 Å². The van der Waals surface area contributed by atoms with Crippen molar-refractivity contribution < 1.29 is 14.6 Å². The highest BCUT2D eigenvalue weighted by Crippen LogP contribution is 2.55. The molecule has 0 saturated carbocycles. The SMILES string of the molecule is COc1ccc2c3c1O[C@@H]1C[C@H](O)C=C[C@]31CCN(CCN1CC3CC1CN3c1ccccc1)C2. The third-order valence-electron chi connectivity index (χ3n) is 9.18. The van der Waals surface area contributed by atoms with Crippen LogP contribution in [-0.4, -0.2) is 79.0 Å². The number of methoxy groups -OCH3 is 1. The number of anilines is 1. The second-order valence-electron chi connectivity index (χ2n) is 11.0. The first kappa shape index (κ1) is 21.7. The number of likely N-dealkylation sites (tertiary alicyclic amines) is 1. The lowest BCUT2D eigenvalue weighted by Crippen LogP contribution is -2.48. The van der Waals surface area contributed by atoms with E-state index in [1.807, 2.05) is 6.08 Å². The first-order valence-electron chi connectivity index (χ1n) is 13.2. The Morgan fingerprint density at radius 1 is 1.06 bits per heavy atom. The first-order valence-corrected chi connectivity index (χ1v) is 13.2. The van der Waals surface area contributed by atoms with Crippen molar-refractivity contribution in [3.63, 3.8) is 0 Å². The van der Waals surface area contributed by atoms with Crippen LogP contribution in [0.4, 0.5) is 5.69 Å². The summed E-state index contributed by atoms with van der Waals surface area (Å²) in [4.78, 5) is 7.96. The third kappa shape index (κ3) is 3.41. The number of aliphatic hydroxyl groups excluding tert-OH is 1. The molecule has 4 aliphatic heterocycles. The summed E-state index contributed by atoms with van der Waals surface area (Å²) in [5.74, 6) is 1.71. The largest absolute Gasteiger partial charge is 0.493 e. The van der Waals surface area contributed by atoms with Gasteiger partial charge in [0.25, 0.3) is 0 Å². The third-order valence-corrected chi connectivity index (χ3v) is 9.18. The van der Waals surface area contributed by atoms with Crippen molar-refractivity contribution in [2.75, 3.05) is 44.7 Å². The maximum absolute atomic E-state index is 10.3. The molecular formula is C29H35N3O3. The summed E-state index contributed by atoms with van der Waals surface area (Å²) in [5, 5.41) is 10.3. The van der Waals surface area contributed by atoms with Crippen molar-refractivity contribution in [2.24, 2.45) is 0 Å². The molecule has 35 heavy (non-hydrogen) atoms. The molecule has 2 unspecified atom stereocenters. The molecule has 0 radical (unpaired) electrons. The Morgan fingerprint density at radius 3 is 2.74 bits per heavy atom. The molecule has 2 bridgehead atoms. The number of benzene rings is 2. The van der Waals surface area contributed by atoms with Gasteiger partial charge in [-0.1, -0.05) is 36.4 Å². The van der Waals surface area contributed by atoms with E-state index in [1.165, 1.54) is 29.8 Å². The molecule has 2 saturated heterocycles. The van der Waals surface area contributed by atoms with Gasteiger partial charge in [-0.15, -0.1) is 0 Å². The predicted molar refractivity (Wildman–Crippen MR) is 136 cm³/mol. The Hall–Kier alpha value is -2.54. The average Bonchev–Trinajstić information content (AvgIpc) is 3.54. The lowest BCUT2D eigenvalue weighted by atomic mass is 9.69. The lowest BCUT2D eigenvalue weighted by Gasteiger charge is -2.37. The second kappa shape index (κ2) is 8.26. The smallest absolute Gasteiger partial charge is 0.166 e. The first-order chi connectivity index (χ1) is 17.1. The topological polar surface area (TPSA) is 48.4 Å².